The molecule has 0 bridgehead atoms. The van der Waals surface area contributed by atoms with Crippen LogP contribution in [0.4, 0.5) is 8.78 Å². The molecule has 0 heterocycles. The normalized spacial score (nSPS) is 12.2. The zero-order chi connectivity index (χ0) is 24.0. The third kappa shape index (κ3) is 3.98. The van der Waals surface area contributed by atoms with Crippen LogP contribution in [0.1, 0.15) is 33.4 Å². The van der Waals surface area contributed by atoms with Crippen molar-refractivity contribution in [3.63, 3.8) is 0 Å². The quantitative estimate of drug-likeness (QED) is 0.207. The fraction of sp³-hybridized carbons (Fsp3) is 0.188. The molecule has 0 spiro atoms. The highest BCUT2D eigenvalue weighted by molar-refractivity contribution is 6.07. The second-order valence-electron chi connectivity index (χ2n) is 9.50. The summed E-state index contributed by atoms with van der Waals surface area (Å²) in [6, 6.07) is 24.4. The molecular weight excluding hydrogens is 422 g/mol. The van der Waals surface area contributed by atoms with Crippen molar-refractivity contribution in [3.05, 3.63) is 118 Å². The van der Waals surface area contributed by atoms with Crippen molar-refractivity contribution in [2.75, 3.05) is 0 Å². The molecule has 5 aromatic rings. The summed E-state index contributed by atoms with van der Waals surface area (Å²) in [6.45, 7) is 7.80. The minimum Gasteiger partial charge on any atom is -0.207 e. The third-order valence-corrected chi connectivity index (χ3v) is 6.90. The van der Waals surface area contributed by atoms with E-state index >= 15 is 0 Å². The molecular formula is C32H28F2. The average Bonchev–Trinajstić information content (AvgIpc) is 2.82. The number of fused-ring (bicyclic) bond motifs is 6. The van der Waals surface area contributed by atoms with E-state index < -0.39 is 0 Å². The van der Waals surface area contributed by atoms with Gasteiger partial charge >= 0.3 is 0 Å². The Labute approximate surface area is 199 Å². The highest BCUT2D eigenvalue weighted by atomic mass is 19.1. The first-order valence-electron chi connectivity index (χ1n) is 11.8. The number of aryl methyl sites for hydroxylation is 5. The first-order valence-corrected chi connectivity index (χ1v) is 11.8. The van der Waals surface area contributed by atoms with Gasteiger partial charge in [0.15, 0.2) is 0 Å². The van der Waals surface area contributed by atoms with Crippen molar-refractivity contribution in [2.45, 2.75) is 40.5 Å². The summed E-state index contributed by atoms with van der Waals surface area (Å²) in [4.78, 5) is 0. The summed E-state index contributed by atoms with van der Waals surface area (Å²) in [5.74, 6) is -0.153. The first-order chi connectivity index (χ1) is 16.3. The molecule has 0 aliphatic heterocycles. The first kappa shape index (κ1) is 22.3. The molecule has 5 aromatic carbocycles. The van der Waals surface area contributed by atoms with Crippen LogP contribution >= 0.6 is 0 Å². The highest BCUT2D eigenvalue weighted by Crippen LogP contribution is 2.36. The molecule has 34 heavy (non-hydrogen) atoms. The zero-order valence-corrected chi connectivity index (χ0v) is 20.1. The van der Waals surface area contributed by atoms with E-state index in [-0.39, 0.29) is 11.6 Å². The molecule has 0 saturated carbocycles. The molecule has 1 aliphatic carbocycles. The van der Waals surface area contributed by atoms with E-state index in [1.54, 1.807) is 13.0 Å². The summed E-state index contributed by atoms with van der Waals surface area (Å²) < 4.78 is 27.7. The maximum absolute atomic E-state index is 14.1. The van der Waals surface area contributed by atoms with Crippen molar-refractivity contribution < 1.29 is 8.78 Å². The van der Waals surface area contributed by atoms with Gasteiger partial charge in [-0.25, -0.2) is 8.78 Å². The van der Waals surface area contributed by atoms with Gasteiger partial charge in [0.1, 0.15) is 11.6 Å². The predicted octanol–water partition coefficient (Wildman–Crippen LogP) is 8.96. The smallest absolute Gasteiger partial charge is 0.129 e. The number of benzene rings is 5. The van der Waals surface area contributed by atoms with Gasteiger partial charge in [-0.05, 0) is 108 Å². The Kier molecular flexibility index (Phi) is 5.69. The zero-order valence-electron chi connectivity index (χ0n) is 20.1. The van der Waals surface area contributed by atoms with Gasteiger partial charge in [-0.1, -0.05) is 71.8 Å². The van der Waals surface area contributed by atoms with Gasteiger partial charge < -0.3 is 0 Å². The van der Waals surface area contributed by atoms with Crippen LogP contribution in [-0.2, 0) is 12.8 Å². The third-order valence-electron chi connectivity index (χ3n) is 6.90. The van der Waals surface area contributed by atoms with E-state index in [1.807, 2.05) is 19.1 Å². The van der Waals surface area contributed by atoms with Crippen LogP contribution in [0.3, 0.4) is 0 Å². The Bertz CT molecular complexity index is 1560. The average molecular weight is 451 g/mol. The standard InChI is InChI=1S/C16H15F.C16H13F/c1-10-3-6-13-12(9-10)5-8-15-14(13)7-4-11(2)16(15)17;1-10-3-6-14-12(7-10)4-5-13-8-11(2)16(17)9-15(13)14/h3-4,6-7,9H,5,8H2,1-2H3;3-9H,1-2H3. The second-order valence-corrected chi connectivity index (χ2v) is 9.50. The number of hydrogen-bond donors (Lipinski definition) is 0. The van der Waals surface area contributed by atoms with Gasteiger partial charge in [0, 0.05) is 0 Å². The predicted molar refractivity (Wildman–Crippen MR) is 140 cm³/mol. The Morgan fingerprint density at radius 1 is 0.559 bits per heavy atom. The topological polar surface area (TPSA) is 0 Å². The Balaban J connectivity index is 0.000000142. The lowest BCUT2D eigenvalue weighted by Crippen LogP contribution is -2.07. The lowest BCUT2D eigenvalue weighted by atomic mass is 9.84. The molecule has 0 unspecified atom stereocenters. The molecule has 1 aliphatic rings. The summed E-state index contributed by atoms with van der Waals surface area (Å²) in [5.41, 5.74) is 8.47. The maximum Gasteiger partial charge on any atom is 0.129 e. The van der Waals surface area contributed by atoms with E-state index in [0.717, 1.165) is 45.7 Å². The van der Waals surface area contributed by atoms with E-state index in [4.69, 9.17) is 0 Å². The Morgan fingerprint density at radius 2 is 1.24 bits per heavy atom. The number of halogens is 2. The fourth-order valence-electron chi connectivity index (χ4n) is 5.01. The van der Waals surface area contributed by atoms with Crippen LogP contribution in [-0.4, -0.2) is 0 Å². The lowest BCUT2D eigenvalue weighted by molar-refractivity contribution is 0.599. The molecule has 0 radical (unpaired) electrons. The molecule has 170 valence electrons. The highest BCUT2D eigenvalue weighted by Gasteiger charge is 2.19. The minimum absolute atomic E-state index is 0.0197. The van der Waals surface area contributed by atoms with Crippen LogP contribution in [0.2, 0.25) is 0 Å². The van der Waals surface area contributed by atoms with E-state index in [2.05, 4.69) is 68.4 Å². The fourth-order valence-corrected chi connectivity index (χ4v) is 5.01. The van der Waals surface area contributed by atoms with Gasteiger partial charge in [0.05, 0.1) is 0 Å². The van der Waals surface area contributed by atoms with Gasteiger partial charge in [0.25, 0.3) is 0 Å². The summed E-state index contributed by atoms with van der Waals surface area (Å²) in [5, 5.41) is 4.37. The molecule has 0 saturated heterocycles. The van der Waals surface area contributed by atoms with Crippen molar-refractivity contribution in [1.29, 1.82) is 0 Å². The minimum atomic E-state index is -0.134. The largest absolute Gasteiger partial charge is 0.207 e. The van der Waals surface area contributed by atoms with Gasteiger partial charge in [-0.2, -0.15) is 0 Å². The summed E-state index contributed by atoms with van der Waals surface area (Å²) in [7, 11) is 0. The van der Waals surface area contributed by atoms with E-state index in [9.17, 15) is 8.78 Å². The van der Waals surface area contributed by atoms with Crippen molar-refractivity contribution in [1.82, 2.24) is 0 Å². The van der Waals surface area contributed by atoms with Gasteiger partial charge in [-0.15, -0.1) is 0 Å². The lowest BCUT2D eigenvalue weighted by Gasteiger charge is -2.21. The van der Waals surface area contributed by atoms with Gasteiger partial charge in [0.2, 0.25) is 0 Å². The molecule has 0 fully saturated rings. The molecule has 0 atom stereocenters. The van der Waals surface area contributed by atoms with Crippen LogP contribution in [0.5, 0.6) is 0 Å². The van der Waals surface area contributed by atoms with E-state index in [1.165, 1.54) is 27.6 Å². The van der Waals surface area contributed by atoms with Crippen LogP contribution in [0.15, 0.2) is 72.8 Å². The number of rotatable bonds is 0. The van der Waals surface area contributed by atoms with Crippen LogP contribution in [0.25, 0.3) is 32.7 Å². The molecule has 2 heteroatoms. The molecule has 0 N–H and O–H groups in total. The van der Waals surface area contributed by atoms with E-state index in [0.29, 0.717) is 5.56 Å². The van der Waals surface area contributed by atoms with Crippen LogP contribution in [0, 0.1) is 39.3 Å². The molecule has 6 rings (SSSR count). The Morgan fingerprint density at radius 3 is 2.03 bits per heavy atom. The van der Waals surface area contributed by atoms with Crippen molar-refractivity contribution >= 4 is 21.5 Å². The molecule has 0 aromatic heterocycles. The monoisotopic (exact) mass is 450 g/mol. The van der Waals surface area contributed by atoms with Crippen molar-refractivity contribution in [2.24, 2.45) is 0 Å². The van der Waals surface area contributed by atoms with Crippen LogP contribution < -0.4 is 0 Å². The maximum atomic E-state index is 14.1. The Hall–Kier alpha value is -3.52. The van der Waals surface area contributed by atoms with Gasteiger partial charge in [-0.3, -0.25) is 0 Å². The van der Waals surface area contributed by atoms with Crippen molar-refractivity contribution in [3.8, 4) is 11.1 Å². The molecule has 0 nitrogen and oxygen atoms in total. The SMILES string of the molecule is Cc1ccc2c(c1)CCc1c-2ccc(C)c1F.Cc1ccc2c(ccc3cc(C)c(F)cc32)c1. The molecule has 0 amide bonds. The second kappa shape index (κ2) is 8.68. The number of hydrogen-bond acceptors (Lipinski definition) is 0. The summed E-state index contributed by atoms with van der Waals surface area (Å²) in [6.07, 6.45) is 1.77. The summed E-state index contributed by atoms with van der Waals surface area (Å²) >= 11 is 0.